The Hall–Kier alpha value is -3.45. The van der Waals surface area contributed by atoms with Crippen molar-refractivity contribution in [3.63, 3.8) is 0 Å². The predicted octanol–water partition coefficient (Wildman–Crippen LogP) is 4.42. The summed E-state index contributed by atoms with van der Waals surface area (Å²) in [5.74, 6) is -1.48. The number of oxime groups is 1. The monoisotopic (exact) mass is 408 g/mol. The lowest BCUT2D eigenvalue weighted by Crippen LogP contribution is -2.34. The Balaban J connectivity index is 1.82. The van der Waals surface area contributed by atoms with Crippen LogP contribution in [-0.2, 0) is 16.2 Å². The number of carbonyl (C=O) groups excluding carboxylic acids is 1. The first-order chi connectivity index (χ1) is 14.1. The van der Waals surface area contributed by atoms with Crippen molar-refractivity contribution in [1.82, 2.24) is 0 Å². The minimum atomic E-state index is -1.10. The average Bonchev–Trinajstić information content (AvgIpc) is 3.27. The summed E-state index contributed by atoms with van der Waals surface area (Å²) >= 11 is 1.53. The van der Waals surface area contributed by atoms with Gasteiger partial charge in [-0.3, -0.25) is 4.79 Å². The van der Waals surface area contributed by atoms with Crippen LogP contribution in [0.5, 0.6) is 0 Å². The number of nitrogens with zero attached hydrogens (tertiary/aromatic N) is 2. The van der Waals surface area contributed by atoms with Crippen LogP contribution < -0.4 is 4.90 Å². The summed E-state index contributed by atoms with van der Waals surface area (Å²) in [6.45, 7) is 1.72. The number of aromatic carboxylic acids is 1. The van der Waals surface area contributed by atoms with Gasteiger partial charge in [-0.1, -0.05) is 53.7 Å². The van der Waals surface area contributed by atoms with Crippen molar-refractivity contribution < 1.29 is 19.5 Å². The molecule has 0 aliphatic heterocycles. The van der Waals surface area contributed by atoms with Crippen LogP contribution in [0, 0.1) is 0 Å². The first kappa shape index (κ1) is 20.3. The van der Waals surface area contributed by atoms with E-state index in [-0.39, 0.29) is 24.6 Å². The second kappa shape index (κ2) is 9.66. The molecule has 0 bridgehead atoms. The fourth-order valence-electron chi connectivity index (χ4n) is 2.76. The van der Waals surface area contributed by atoms with Crippen molar-refractivity contribution in [3.8, 4) is 0 Å². The normalized spacial score (nSPS) is 11.1. The van der Waals surface area contributed by atoms with Crippen LogP contribution in [0.1, 0.15) is 27.7 Å². The summed E-state index contributed by atoms with van der Waals surface area (Å²) in [5, 5.41) is 15.5. The molecule has 7 heteroatoms. The number of thiophene rings is 1. The SMILES string of the molecule is C/C(=N\OCC(=O)N(Cc1ccccc1)c1ccccc1C(=O)O)c1cccs1. The van der Waals surface area contributed by atoms with Crippen LogP contribution in [0.25, 0.3) is 0 Å². The molecule has 1 aromatic heterocycles. The Morgan fingerprint density at radius 2 is 1.76 bits per heavy atom. The zero-order chi connectivity index (χ0) is 20.6. The minimum absolute atomic E-state index is 0.0510. The van der Waals surface area contributed by atoms with E-state index in [2.05, 4.69) is 5.16 Å². The third-order valence-electron chi connectivity index (χ3n) is 4.18. The molecule has 0 atom stereocenters. The maximum absolute atomic E-state index is 12.9. The molecule has 0 aliphatic carbocycles. The van der Waals surface area contributed by atoms with Gasteiger partial charge in [-0.05, 0) is 36.1 Å². The highest BCUT2D eigenvalue weighted by atomic mass is 32.1. The Labute approximate surface area is 172 Å². The van der Waals surface area contributed by atoms with Gasteiger partial charge in [-0.15, -0.1) is 11.3 Å². The van der Waals surface area contributed by atoms with Gasteiger partial charge in [0.25, 0.3) is 5.91 Å². The molecule has 0 unspecified atom stereocenters. The highest BCUT2D eigenvalue weighted by molar-refractivity contribution is 7.12. The first-order valence-corrected chi connectivity index (χ1v) is 9.81. The lowest BCUT2D eigenvalue weighted by molar-refractivity contribution is -0.123. The summed E-state index contributed by atoms with van der Waals surface area (Å²) in [4.78, 5) is 32.2. The van der Waals surface area contributed by atoms with Crippen LogP contribution >= 0.6 is 11.3 Å². The van der Waals surface area contributed by atoms with Gasteiger partial charge in [0.05, 0.1) is 28.4 Å². The van der Waals surface area contributed by atoms with E-state index in [1.807, 2.05) is 47.8 Å². The van der Waals surface area contributed by atoms with Gasteiger partial charge >= 0.3 is 5.97 Å². The number of rotatable bonds is 8. The largest absolute Gasteiger partial charge is 0.478 e. The van der Waals surface area contributed by atoms with Crippen LogP contribution in [0.2, 0.25) is 0 Å². The number of hydrogen-bond acceptors (Lipinski definition) is 5. The molecule has 1 heterocycles. The first-order valence-electron chi connectivity index (χ1n) is 8.93. The summed E-state index contributed by atoms with van der Waals surface area (Å²) in [7, 11) is 0. The van der Waals surface area contributed by atoms with Crippen molar-refractivity contribution >= 4 is 34.6 Å². The van der Waals surface area contributed by atoms with Crippen molar-refractivity contribution in [2.75, 3.05) is 11.5 Å². The molecule has 6 nitrogen and oxygen atoms in total. The van der Waals surface area contributed by atoms with E-state index in [0.29, 0.717) is 11.4 Å². The molecule has 1 N–H and O–H groups in total. The zero-order valence-electron chi connectivity index (χ0n) is 15.8. The molecular weight excluding hydrogens is 388 g/mol. The van der Waals surface area contributed by atoms with Gasteiger partial charge in [0, 0.05) is 0 Å². The van der Waals surface area contributed by atoms with Crippen LogP contribution in [0.4, 0.5) is 5.69 Å². The summed E-state index contributed by atoms with van der Waals surface area (Å²) in [6.07, 6.45) is 0. The highest BCUT2D eigenvalue weighted by Crippen LogP contribution is 2.23. The lowest BCUT2D eigenvalue weighted by atomic mass is 10.1. The summed E-state index contributed by atoms with van der Waals surface area (Å²) in [5.41, 5.74) is 1.92. The molecule has 0 fully saturated rings. The molecule has 0 spiro atoms. The number of carboxylic acid groups (broad SMARTS) is 1. The maximum Gasteiger partial charge on any atom is 0.337 e. The van der Waals surface area contributed by atoms with Gasteiger partial charge in [-0.2, -0.15) is 0 Å². The van der Waals surface area contributed by atoms with Crippen LogP contribution in [0.15, 0.2) is 77.3 Å². The third kappa shape index (κ3) is 5.30. The van der Waals surface area contributed by atoms with Crippen LogP contribution in [0.3, 0.4) is 0 Å². The summed E-state index contributed by atoms with van der Waals surface area (Å²) < 4.78 is 0. The molecule has 3 rings (SSSR count). The van der Waals surface area contributed by atoms with E-state index in [9.17, 15) is 14.7 Å². The second-order valence-corrected chi connectivity index (χ2v) is 7.16. The molecule has 3 aromatic rings. The number of benzene rings is 2. The van der Waals surface area contributed by atoms with Gasteiger partial charge < -0.3 is 14.8 Å². The van der Waals surface area contributed by atoms with Gasteiger partial charge in [0.1, 0.15) is 0 Å². The Morgan fingerprint density at radius 3 is 2.45 bits per heavy atom. The molecule has 0 aliphatic rings. The van der Waals surface area contributed by atoms with E-state index in [1.54, 1.807) is 25.1 Å². The molecule has 0 saturated carbocycles. The minimum Gasteiger partial charge on any atom is -0.478 e. The van der Waals surface area contributed by atoms with E-state index < -0.39 is 5.97 Å². The second-order valence-electron chi connectivity index (χ2n) is 6.22. The number of carbonyl (C=O) groups is 2. The Kier molecular flexibility index (Phi) is 6.76. The number of carboxylic acids is 1. The van der Waals surface area contributed by atoms with Gasteiger partial charge in [-0.25, -0.2) is 4.79 Å². The number of amides is 1. The quantitative estimate of drug-likeness (QED) is 0.442. The molecule has 0 saturated heterocycles. The van der Waals surface area contributed by atoms with E-state index in [0.717, 1.165) is 10.4 Å². The van der Waals surface area contributed by atoms with Gasteiger partial charge in [0.15, 0.2) is 6.61 Å². The van der Waals surface area contributed by atoms with Crippen molar-refractivity contribution in [2.45, 2.75) is 13.5 Å². The smallest absolute Gasteiger partial charge is 0.337 e. The van der Waals surface area contributed by atoms with Gasteiger partial charge in [0.2, 0.25) is 0 Å². The predicted molar refractivity (Wildman–Crippen MR) is 114 cm³/mol. The summed E-state index contributed by atoms with van der Waals surface area (Å²) in [6, 6.07) is 19.6. The number of hydrogen-bond donors (Lipinski definition) is 1. The fraction of sp³-hybridized carbons (Fsp3) is 0.136. The fourth-order valence-corrected chi connectivity index (χ4v) is 3.42. The lowest BCUT2D eigenvalue weighted by Gasteiger charge is -2.24. The van der Waals surface area contributed by atoms with Crippen molar-refractivity contribution in [3.05, 3.63) is 88.1 Å². The van der Waals surface area contributed by atoms with E-state index >= 15 is 0 Å². The molecule has 0 radical (unpaired) electrons. The molecule has 148 valence electrons. The van der Waals surface area contributed by atoms with E-state index in [4.69, 9.17) is 4.84 Å². The maximum atomic E-state index is 12.9. The van der Waals surface area contributed by atoms with Crippen LogP contribution in [-0.4, -0.2) is 29.3 Å². The highest BCUT2D eigenvalue weighted by Gasteiger charge is 2.22. The van der Waals surface area contributed by atoms with E-state index in [1.165, 1.54) is 22.3 Å². The third-order valence-corrected chi connectivity index (χ3v) is 5.16. The Morgan fingerprint density at radius 1 is 1.03 bits per heavy atom. The average molecular weight is 408 g/mol. The van der Waals surface area contributed by atoms with Crippen molar-refractivity contribution in [2.24, 2.45) is 5.16 Å². The zero-order valence-corrected chi connectivity index (χ0v) is 16.6. The number of anilines is 1. The topological polar surface area (TPSA) is 79.2 Å². The molecular formula is C22H20N2O4S. The Bertz CT molecular complexity index is 1000. The number of para-hydroxylation sites is 1. The standard InChI is InChI=1S/C22H20N2O4S/c1-16(20-12-7-13-29-20)23-28-15-21(25)24(14-17-8-3-2-4-9-17)19-11-6-5-10-18(19)22(26)27/h2-13H,14-15H2,1H3,(H,26,27)/b23-16+. The van der Waals surface area contributed by atoms with Crippen molar-refractivity contribution in [1.29, 1.82) is 0 Å². The molecule has 2 aromatic carbocycles. The molecule has 29 heavy (non-hydrogen) atoms. The molecule has 1 amide bonds.